The lowest BCUT2D eigenvalue weighted by Gasteiger charge is -2.25. The van der Waals surface area contributed by atoms with Gasteiger partial charge in [0.1, 0.15) is 0 Å². The molecule has 0 spiro atoms. The van der Waals surface area contributed by atoms with E-state index in [-0.39, 0.29) is 24.0 Å². The van der Waals surface area contributed by atoms with Crippen molar-refractivity contribution in [2.45, 2.75) is 38.9 Å². The van der Waals surface area contributed by atoms with E-state index in [0.717, 1.165) is 31.2 Å². The van der Waals surface area contributed by atoms with Crippen LogP contribution in [0, 0.1) is 0 Å². The second-order valence-electron chi connectivity index (χ2n) is 6.85. The summed E-state index contributed by atoms with van der Waals surface area (Å²) in [6.07, 6.45) is 6.38. The molecule has 1 aromatic heterocycles. The number of guanidine groups is 1. The Bertz CT molecular complexity index is 700. The first-order valence-electron chi connectivity index (χ1n) is 9.52. The molecule has 1 saturated heterocycles. The van der Waals surface area contributed by atoms with Crippen LogP contribution in [0.25, 0.3) is 0 Å². The standard InChI is InChI=1S/C20H30N6.HI/c1-3-21-20(22-12-18-13-24-25(2)15-18)23-14-19-10-7-11-26(19)16-17-8-5-4-6-9-17;/h4-6,8-9,13,15,19H,3,7,10-12,14,16H2,1-2H3,(H2,21,22,23);1H. The van der Waals surface area contributed by atoms with Gasteiger partial charge in [0.2, 0.25) is 0 Å². The smallest absolute Gasteiger partial charge is 0.191 e. The summed E-state index contributed by atoms with van der Waals surface area (Å²) >= 11 is 0. The maximum Gasteiger partial charge on any atom is 0.191 e. The van der Waals surface area contributed by atoms with Crippen LogP contribution in [0.15, 0.2) is 47.7 Å². The Labute approximate surface area is 179 Å². The molecule has 2 aromatic rings. The number of aryl methyl sites for hydroxylation is 1. The number of aromatic nitrogens is 2. The quantitative estimate of drug-likeness (QED) is 0.362. The van der Waals surface area contributed by atoms with Gasteiger partial charge in [-0.25, -0.2) is 4.99 Å². The van der Waals surface area contributed by atoms with Gasteiger partial charge in [-0.1, -0.05) is 30.3 Å². The number of aliphatic imine (C=N–C) groups is 1. The van der Waals surface area contributed by atoms with Gasteiger partial charge in [0.25, 0.3) is 0 Å². The number of halogens is 1. The van der Waals surface area contributed by atoms with E-state index in [0.29, 0.717) is 12.6 Å². The Kier molecular flexibility index (Phi) is 9.06. The minimum absolute atomic E-state index is 0. The van der Waals surface area contributed by atoms with Crippen LogP contribution >= 0.6 is 24.0 Å². The van der Waals surface area contributed by atoms with Crippen LogP contribution in [-0.2, 0) is 20.1 Å². The first-order chi connectivity index (χ1) is 12.7. The van der Waals surface area contributed by atoms with Crippen LogP contribution < -0.4 is 10.6 Å². The Hall–Kier alpha value is -1.61. The fourth-order valence-electron chi connectivity index (χ4n) is 3.43. The number of nitrogens with one attached hydrogen (secondary N) is 2. The molecule has 0 bridgehead atoms. The van der Waals surface area contributed by atoms with Crippen LogP contribution in [-0.4, -0.2) is 46.3 Å². The van der Waals surface area contributed by atoms with Gasteiger partial charge in [-0.05, 0) is 31.9 Å². The summed E-state index contributed by atoms with van der Waals surface area (Å²) in [6.45, 7) is 6.71. The van der Waals surface area contributed by atoms with E-state index in [1.165, 1.54) is 24.9 Å². The highest BCUT2D eigenvalue weighted by Crippen LogP contribution is 2.19. The Balaban J connectivity index is 0.00000261. The molecule has 2 heterocycles. The highest BCUT2D eigenvalue weighted by molar-refractivity contribution is 14.0. The van der Waals surface area contributed by atoms with Gasteiger partial charge < -0.3 is 10.6 Å². The Morgan fingerprint density at radius 2 is 2.04 bits per heavy atom. The predicted molar refractivity (Wildman–Crippen MR) is 121 cm³/mol. The largest absolute Gasteiger partial charge is 0.357 e. The van der Waals surface area contributed by atoms with E-state index < -0.39 is 0 Å². The molecule has 3 rings (SSSR count). The number of benzene rings is 1. The van der Waals surface area contributed by atoms with Crippen molar-refractivity contribution in [3.05, 3.63) is 53.9 Å². The number of likely N-dealkylation sites (tertiary alicyclic amines) is 1. The van der Waals surface area contributed by atoms with Crippen LogP contribution in [0.2, 0.25) is 0 Å². The van der Waals surface area contributed by atoms with E-state index in [2.05, 4.69) is 62.9 Å². The number of hydrogen-bond donors (Lipinski definition) is 2. The summed E-state index contributed by atoms with van der Waals surface area (Å²) in [5.74, 6) is 0.878. The molecule has 1 aliphatic rings. The van der Waals surface area contributed by atoms with Crippen molar-refractivity contribution in [3.8, 4) is 0 Å². The van der Waals surface area contributed by atoms with Gasteiger partial charge in [0, 0.05) is 44.5 Å². The SMILES string of the molecule is CCNC(=NCc1cnn(C)c1)NCC1CCCN1Cc1ccccc1.I. The molecule has 0 saturated carbocycles. The summed E-state index contributed by atoms with van der Waals surface area (Å²) < 4.78 is 1.81. The lowest BCUT2D eigenvalue weighted by molar-refractivity contribution is 0.245. The lowest BCUT2D eigenvalue weighted by atomic mass is 10.2. The first-order valence-corrected chi connectivity index (χ1v) is 9.52. The third kappa shape index (κ3) is 6.80. The van der Waals surface area contributed by atoms with Crippen LogP contribution in [0.5, 0.6) is 0 Å². The van der Waals surface area contributed by atoms with Crippen molar-refractivity contribution in [3.63, 3.8) is 0 Å². The fraction of sp³-hybridized carbons (Fsp3) is 0.500. The summed E-state index contributed by atoms with van der Waals surface area (Å²) in [6, 6.07) is 11.3. The van der Waals surface area contributed by atoms with E-state index in [1.54, 1.807) is 0 Å². The zero-order valence-corrected chi connectivity index (χ0v) is 18.6. The normalized spacial score (nSPS) is 17.6. The van der Waals surface area contributed by atoms with E-state index >= 15 is 0 Å². The van der Waals surface area contributed by atoms with E-state index in [4.69, 9.17) is 0 Å². The molecule has 1 aromatic carbocycles. The minimum Gasteiger partial charge on any atom is -0.357 e. The second kappa shape index (κ2) is 11.3. The molecule has 0 aliphatic carbocycles. The molecule has 0 radical (unpaired) electrons. The Morgan fingerprint density at radius 3 is 2.74 bits per heavy atom. The number of nitrogens with zero attached hydrogens (tertiary/aromatic N) is 4. The van der Waals surface area contributed by atoms with Crippen molar-refractivity contribution < 1.29 is 0 Å². The monoisotopic (exact) mass is 482 g/mol. The topological polar surface area (TPSA) is 57.5 Å². The van der Waals surface area contributed by atoms with Crippen molar-refractivity contribution in [1.82, 2.24) is 25.3 Å². The average molecular weight is 482 g/mol. The fourth-order valence-corrected chi connectivity index (χ4v) is 3.43. The van der Waals surface area contributed by atoms with Crippen molar-refractivity contribution in [2.24, 2.45) is 12.0 Å². The van der Waals surface area contributed by atoms with Gasteiger partial charge >= 0.3 is 0 Å². The molecule has 1 unspecified atom stereocenters. The summed E-state index contributed by atoms with van der Waals surface area (Å²) in [4.78, 5) is 7.27. The molecule has 1 fully saturated rings. The molecule has 7 heteroatoms. The van der Waals surface area contributed by atoms with Gasteiger partial charge in [0.15, 0.2) is 5.96 Å². The van der Waals surface area contributed by atoms with Gasteiger partial charge in [-0.15, -0.1) is 24.0 Å². The minimum atomic E-state index is 0. The van der Waals surface area contributed by atoms with Crippen molar-refractivity contribution in [2.75, 3.05) is 19.6 Å². The maximum absolute atomic E-state index is 4.69. The van der Waals surface area contributed by atoms with Gasteiger partial charge in [-0.3, -0.25) is 9.58 Å². The van der Waals surface area contributed by atoms with Crippen molar-refractivity contribution >= 4 is 29.9 Å². The second-order valence-corrected chi connectivity index (χ2v) is 6.85. The molecule has 148 valence electrons. The third-order valence-electron chi connectivity index (χ3n) is 4.76. The highest BCUT2D eigenvalue weighted by Gasteiger charge is 2.24. The van der Waals surface area contributed by atoms with Crippen LogP contribution in [0.3, 0.4) is 0 Å². The number of hydrogen-bond acceptors (Lipinski definition) is 3. The van der Waals surface area contributed by atoms with Gasteiger partial charge in [-0.2, -0.15) is 5.10 Å². The molecule has 1 atom stereocenters. The zero-order chi connectivity index (χ0) is 18.2. The van der Waals surface area contributed by atoms with Gasteiger partial charge in [0.05, 0.1) is 12.7 Å². The highest BCUT2D eigenvalue weighted by atomic mass is 127. The summed E-state index contributed by atoms with van der Waals surface area (Å²) in [7, 11) is 1.93. The Morgan fingerprint density at radius 1 is 1.22 bits per heavy atom. The van der Waals surface area contributed by atoms with Crippen LogP contribution in [0.4, 0.5) is 0 Å². The average Bonchev–Trinajstić information content (AvgIpc) is 3.27. The lowest BCUT2D eigenvalue weighted by Crippen LogP contribution is -2.44. The predicted octanol–water partition coefficient (Wildman–Crippen LogP) is 2.76. The molecule has 0 amide bonds. The molecule has 27 heavy (non-hydrogen) atoms. The molecule has 6 nitrogen and oxygen atoms in total. The summed E-state index contributed by atoms with van der Waals surface area (Å²) in [5, 5.41) is 11.1. The third-order valence-corrected chi connectivity index (χ3v) is 4.76. The summed E-state index contributed by atoms with van der Waals surface area (Å²) in [5.41, 5.74) is 2.51. The first kappa shape index (κ1) is 21.7. The number of rotatable bonds is 7. The zero-order valence-electron chi connectivity index (χ0n) is 16.3. The van der Waals surface area contributed by atoms with E-state index in [9.17, 15) is 0 Å². The van der Waals surface area contributed by atoms with E-state index in [1.807, 2.05) is 24.1 Å². The maximum atomic E-state index is 4.69. The molecule has 1 aliphatic heterocycles. The van der Waals surface area contributed by atoms with Crippen LogP contribution in [0.1, 0.15) is 30.9 Å². The van der Waals surface area contributed by atoms with Crippen molar-refractivity contribution in [1.29, 1.82) is 0 Å². The molecule has 2 N–H and O–H groups in total. The molecular weight excluding hydrogens is 451 g/mol. The molecular formula is C20H31IN6.